The monoisotopic (exact) mass is 217 g/mol. The van der Waals surface area contributed by atoms with Crippen LogP contribution in [0.2, 0.25) is 0 Å². The Morgan fingerprint density at radius 3 is 3.00 bits per heavy atom. The maximum Gasteiger partial charge on any atom is 0.113 e. The molecule has 3 heteroatoms. The smallest absolute Gasteiger partial charge is 0.113 e. The molecule has 2 aliphatic rings. The van der Waals surface area contributed by atoms with Gasteiger partial charge in [0, 0.05) is 12.5 Å². The molecule has 0 bridgehead atoms. The third-order valence-corrected chi connectivity index (χ3v) is 4.93. The lowest BCUT2D eigenvalue weighted by atomic mass is 9.75. The number of hydrogen-bond donors (Lipinski definition) is 1. The topological polar surface area (TPSA) is 12.0 Å². The molecule has 1 nitrogen and oxygen atoms in total. The van der Waals surface area contributed by atoms with Gasteiger partial charge in [-0.1, -0.05) is 0 Å². The molecule has 0 aromatic heterocycles. The number of piperidine rings is 1. The molecular formula is C11H20FNS. The highest BCUT2D eigenvalue weighted by molar-refractivity contribution is 7.99. The van der Waals surface area contributed by atoms with Gasteiger partial charge < -0.3 is 5.32 Å². The van der Waals surface area contributed by atoms with E-state index in [2.05, 4.69) is 5.32 Å². The van der Waals surface area contributed by atoms with Gasteiger partial charge in [-0.15, -0.1) is 0 Å². The molecule has 14 heavy (non-hydrogen) atoms. The highest BCUT2D eigenvalue weighted by Crippen LogP contribution is 2.39. The van der Waals surface area contributed by atoms with Crippen LogP contribution >= 0.6 is 11.8 Å². The van der Waals surface area contributed by atoms with E-state index in [9.17, 15) is 4.39 Å². The fraction of sp³-hybridized carbons (Fsp3) is 1.00. The molecule has 2 fully saturated rings. The fourth-order valence-corrected chi connectivity index (χ4v) is 3.97. The molecule has 0 amide bonds. The summed E-state index contributed by atoms with van der Waals surface area (Å²) < 4.78 is 14.3. The fourth-order valence-electron chi connectivity index (χ4n) is 2.73. The van der Waals surface area contributed by atoms with Gasteiger partial charge in [-0.3, -0.25) is 0 Å². The van der Waals surface area contributed by atoms with E-state index in [1.54, 1.807) is 6.92 Å². The van der Waals surface area contributed by atoms with Crippen LogP contribution in [0, 0.1) is 11.8 Å². The van der Waals surface area contributed by atoms with E-state index in [0.29, 0.717) is 12.3 Å². The van der Waals surface area contributed by atoms with Gasteiger partial charge in [-0.25, -0.2) is 4.39 Å². The quantitative estimate of drug-likeness (QED) is 0.724. The first-order valence-electron chi connectivity index (χ1n) is 5.67. The lowest BCUT2D eigenvalue weighted by Crippen LogP contribution is -2.49. The highest BCUT2D eigenvalue weighted by Gasteiger charge is 2.41. The van der Waals surface area contributed by atoms with Gasteiger partial charge in [0.2, 0.25) is 0 Å². The molecule has 3 unspecified atom stereocenters. The van der Waals surface area contributed by atoms with Gasteiger partial charge in [0.05, 0.1) is 0 Å². The average molecular weight is 217 g/mol. The van der Waals surface area contributed by atoms with E-state index in [-0.39, 0.29) is 5.92 Å². The molecule has 82 valence electrons. The van der Waals surface area contributed by atoms with E-state index in [4.69, 9.17) is 0 Å². The number of alkyl halides is 1. The third kappa shape index (κ3) is 2.25. The molecular weight excluding hydrogens is 197 g/mol. The highest BCUT2D eigenvalue weighted by atomic mass is 32.2. The van der Waals surface area contributed by atoms with Gasteiger partial charge in [0.25, 0.3) is 0 Å². The SMILES string of the molecule is CC1(F)CCNCC1C1CCCSC1. The second-order valence-electron chi connectivity index (χ2n) is 4.82. The summed E-state index contributed by atoms with van der Waals surface area (Å²) in [6, 6.07) is 0. The predicted molar refractivity (Wildman–Crippen MR) is 60.5 cm³/mol. The summed E-state index contributed by atoms with van der Waals surface area (Å²) in [5.74, 6) is 3.31. The van der Waals surface area contributed by atoms with Gasteiger partial charge >= 0.3 is 0 Å². The van der Waals surface area contributed by atoms with E-state index in [0.717, 1.165) is 13.1 Å². The summed E-state index contributed by atoms with van der Waals surface area (Å²) in [5.41, 5.74) is -0.923. The third-order valence-electron chi connectivity index (χ3n) is 3.69. The second-order valence-corrected chi connectivity index (χ2v) is 5.97. The Labute approximate surface area is 90.2 Å². The van der Waals surface area contributed by atoms with Gasteiger partial charge in [-0.05, 0) is 50.2 Å². The van der Waals surface area contributed by atoms with E-state index in [1.807, 2.05) is 11.8 Å². The zero-order valence-electron chi connectivity index (χ0n) is 8.89. The maximum atomic E-state index is 14.3. The molecule has 2 rings (SSSR count). The summed E-state index contributed by atoms with van der Waals surface area (Å²) in [6.45, 7) is 3.54. The van der Waals surface area contributed by atoms with Crippen LogP contribution in [0.5, 0.6) is 0 Å². The minimum atomic E-state index is -0.923. The van der Waals surface area contributed by atoms with E-state index >= 15 is 0 Å². The summed E-state index contributed by atoms with van der Waals surface area (Å²) in [7, 11) is 0. The van der Waals surface area contributed by atoms with Crippen LogP contribution in [0.25, 0.3) is 0 Å². The van der Waals surface area contributed by atoms with Gasteiger partial charge in [0.1, 0.15) is 5.67 Å². The van der Waals surface area contributed by atoms with Crippen LogP contribution in [0.4, 0.5) is 4.39 Å². The summed E-state index contributed by atoms with van der Waals surface area (Å²) in [5, 5.41) is 3.34. The van der Waals surface area contributed by atoms with Crippen molar-refractivity contribution in [3.8, 4) is 0 Å². The minimum absolute atomic E-state index is 0.254. The molecule has 0 radical (unpaired) electrons. The first-order chi connectivity index (χ1) is 6.70. The van der Waals surface area contributed by atoms with Crippen molar-refractivity contribution in [1.29, 1.82) is 0 Å². The molecule has 2 heterocycles. The van der Waals surface area contributed by atoms with Crippen molar-refractivity contribution in [3.63, 3.8) is 0 Å². The van der Waals surface area contributed by atoms with Crippen molar-refractivity contribution in [3.05, 3.63) is 0 Å². The zero-order chi connectivity index (χ0) is 10.0. The number of nitrogens with one attached hydrogen (secondary N) is 1. The van der Waals surface area contributed by atoms with Crippen molar-refractivity contribution in [1.82, 2.24) is 5.32 Å². The largest absolute Gasteiger partial charge is 0.316 e. The van der Waals surface area contributed by atoms with Crippen LogP contribution in [-0.4, -0.2) is 30.3 Å². The predicted octanol–water partition coefficient (Wildman–Crippen LogP) is 2.47. The van der Waals surface area contributed by atoms with Crippen molar-refractivity contribution < 1.29 is 4.39 Å². The average Bonchev–Trinajstić information content (AvgIpc) is 2.18. The zero-order valence-corrected chi connectivity index (χ0v) is 9.71. The Morgan fingerprint density at radius 1 is 1.50 bits per heavy atom. The first kappa shape index (κ1) is 10.7. The summed E-state index contributed by atoms with van der Waals surface area (Å²) in [6.07, 6.45) is 3.21. The standard InChI is InChI=1S/C11H20FNS/c1-11(12)4-5-13-7-10(11)9-3-2-6-14-8-9/h9-10,13H,2-8H2,1H3. The maximum absolute atomic E-state index is 14.3. The van der Waals surface area contributed by atoms with Crippen molar-refractivity contribution in [2.45, 2.75) is 31.9 Å². The summed E-state index contributed by atoms with van der Waals surface area (Å²) in [4.78, 5) is 0. The number of halogens is 1. The van der Waals surface area contributed by atoms with Crippen LogP contribution in [0.1, 0.15) is 26.2 Å². The Hall–Kier alpha value is 0.240. The lowest BCUT2D eigenvalue weighted by molar-refractivity contribution is 0.0336. The lowest BCUT2D eigenvalue weighted by Gasteiger charge is -2.41. The first-order valence-corrected chi connectivity index (χ1v) is 6.83. The number of hydrogen-bond acceptors (Lipinski definition) is 2. The van der Waals surface area contributed by atoms with Crippen LogP contribution in [-0.2, 0) is 0 Å². The van der Waals surface area contributed by atoms with Gasteiger partial charge in [0.15, 0.2) is 0 Å². The number of thioether (sulfide) groups is 1. The van der Waals surface area contributed by atoms with Crippen LogP contribution in [0.15, 0.2) is 0 Å². The molecule has 2 aliphatic heterocycles. The summed E-state index contributed by atoms with van der Waals surface area (Å²) >= 11 is 2.00. The molecule has 0 aromatic carbocycles. The van der Waals surface area contributed by atoms with Crippen molar-refractivity contribution >= 4 is 11.8 Å². The Balaban J connectivity index is 1.99. The minimum Gasteiger partial charge on any atom is -0.316 e. The molecule has 0 aromatic rings. The molecule has 1 N–H and O–H groups in total. The molecule has 0 aliphatic carbocycles. The molecule has 0 saturated carbocycles. The Kier molecular flexibility index (Phi) is 3.38. The van der Waals surface area contributed by atoms with Crippen LogP contribution in [0.3, 0.4) is 0 Å². The van der Waals surface area contributed by atoms with Crippen LogP contribution < -0.4 is 5.32 Å². The van der Waals surface area contributed by atoms with Crippen molar-refractivity contribution in [2.24, 2.45) is 11.8 Å². The second kappa shape index (κ2) is 4.40. The Morgan fingerprint density at radius 2 is 2.36 bits per heavy atom. The molecule has 3 atom stereocenters. The Bertz CT molecular complexity index is 190. The van der Waals surface area contributed by atoms with Crippen molar-refractivity contribution in [2.75, 3.05) is 24.6 Å². The van der Waals surface area contributed by atoms with Gasteiger partial charge in [-0.2, -0.15) is 11.8 Å². The van der Waals surface area contributed by atoms with E-state index < -0.39 is 5.67 Å². The normalized spacial score (nSPS) is 45.0. The molecule has 2 saturated heterocycles. The molecule has 0 spiro atoms. The number of rotatable bonds is 1. The van der Waals surface area contributed by atoms with E-state index in [1.165, 1.54) is 24.3 Å².